The van der Waals surface area contributed by atoms with Gasteiger partial charge in [-0.25, -0.2) is 4.79 Å². The van der Waals surface area contributed by atoms with E-state index in [1.807, 2.05) is 0 Å². The lowest BCUT2D eigenvalue weighted by Crippen LogP contribution is -2.52. The van der Waals surface area contributed by atoms with E-state index in [9.17, 15) is 14.4 Å². The first kappa shape index (κ1) is 18.8. The number of hydrazine groups is 1. The number of urea groups is 1. The van der Waals surface area contributed by atoms with Crippen LogP contribution in [0.5, 0.6) is 5.75 Å². The van der Waals surface area contributed by atoms with Gasteiger partial charge in [0.1, 0.15) is 5.54 Å². The Morgan fingerprint density at radius 1 is 1.31 bits per heavy atom. The first-order valence-electron chi connectivity index (χ1n) is 8.35. The van der Waals surface area contributed by atoms with Gasteiger partial charge in [-0.2, -0.15) is 5.01 Å². The third-order valence-electron chi connectivity index (χ3n) is 4.79. The largest absolute Gasteiger partial charge is 0.481 e. The Bertz CT molecular complexity index is 727. The standard InChI is InChI=1S/C17H19Cl2N3O4/c1-10-5-7-17(8-6-10)15(24)22(16(25)20-17)21-13(23)9-26-14-11(18)3-2-4-12(14)19/h2-4,10H,5-9H2,1H3,(H,20,25)(H,21,23). The molecule has 0 atom stereocenters. The molecule has 1 aromatic rings. The molecule has 3 rings (SSSR count). The van der Waals surface area contributed by atoms with E-state index in [2.05, 4.69) is 17.7 Å². The van der Waals surface area contributed by atoms with Gasteiger partial charge in [0, 0.05) is 0 Å². The molecule has 0 bridgehead atoms. The summed E-state index contributed by atoms with van der Waals surface area (Å²) in [6.07, 6.45) is 2.83. The van der Waals surface area contributed by atoms with Crippen molar-refractivity contribution in [2.45, 2.75) is 38.1 Å². The zero-order chi connectivity index (χ0) is 18.9. The van der Waals surface area contributed by atoms with Gasteiger partial charge >= 0.3 is 6.03 Å². The predicted molar refractivity (Wildman–Crippen MR) is 95.8 cm³/mol. The number of halogens is 2. The van der Waals surface area contributed by atoms with E-state index in [4.69, 9.17) is 27.9 Å². The summed E-state index contributed by atoms with van der Waals surface area (Å²) in [5.74, 6) is -0.409. The maximum Gasteiger partial charge on any atom is 0.344 e. The highest BCUT2D eigenvalue weighted by molar-refractivity contribution is 6.37. The van der Waals surface area contributed by atoms with Gasteiger partial charge in [-0.1, -0.05) is 36.2 Å². The molecule has 1 spiro atoms. The van der Waals surface area contributed by atoms with Crippen molar-refractivity contribution >= 4 is 41.0 Å². The molecule has 7 nitrogen and oxygen atoms in total. The number of amides is 4. The highest BCUT2D eigenvalue weighted by Crippen LogP contribution is 2.36. The Hall–Kier alpha value is -1.99. The highest BCUT2D eigenvalue weighted by Gasteiger charge is 2.52. The van der Waals surface area contributed by atoms with Crippen LogP contribution in [0.25, 0.3) is 0 Å². The Morgan fingerprint density at radius 2 is 1.92 bits per heavy atom. The Kier molecular flexibility index (Phi) is 5.29. The molecule has 0 radical (unpaired) electrons. The van der Waals surface area contributed by atoms with E-state index in [0.29, 0.717) is 18.8 Å². The minimum Gasteiger partial charge on any atom is -0.481 e. The molecule has 26 heavy (non-hydrogen) atoms. The van der Waals surface area contributed by atoms with Crippen LogP contribution in [0.15, 0.2) is 18.2 Å². The number of nitrogens with zero attached hydrogens (tertiary/aromatic N) is 1. The van der Waals surface area contributed by atoms with Crippen LogP contribution in [0.1, 0.15) is 32.6 Å². The van der Waals surface area contributed by atoms with Crippen molar-refractivity contribution in [3.63, 3.8) is 0 Å². The number of ether oxygens (including phenoxy) is 1. The van der Waals surface area contributed by atoms with Gasteiger partial charge in [-0.15, -0.1) is 0 Å². The normalized spacial score (nSPS) is 25.3. The second-order valence-corrected chi connectivity index (χ2v) is 7.52. The van der Waals surface area contributed by atoms with Crippen molar-refractivity contribution in [1.29, 1.82) is 0 Å². The summed E-state index contributed by atoms with van der Waals surface area (Å²) < 4.78 is 5.32. The third kappa shape index (κ3) is 3.59. The minimum atomic E-state index is -0.913. The molecule has 0 unspecified atom stereocenters. The van der Waals surface area contributed by atoms with Gasteiger partial charge in [-0.05, 0) is 43.7 Å². The average molecular weight is 400 g/mol. The van der Waals surface area contributed by atoms with Crippen molar-refractivity contribution in [3.8, 4) is 5.75 Å². The van der Waals surface area contributed by atoms with Crippen LogP contribution < -0.4 is 15.5 Å². The van der Waals surface area contributed by atoms with Crippen LogP contribution in [0, 0.1) is 5.92 Å². The Balaban J connectivity index is 1.61. The number of rotatable bonds is 4. The van der Waals surface area contributed by atoms with Crippen molar-refractivity contribution in [1.82, 2.24) is 15.8 Å². The number of hydrogen-bond acceptors (Lipinski definition) is 4. The number of imide groups is 1. The minimum absolute atomic E-state index is 0.168. The van der Waals surface area contributed by atoms with Gasteiger partial charge in [0.25, 0.3) is 11.8 Å². The topological polar surface area (TPSA) is 87.7 Å². The van der Waals surface area contributed by atoms with Crippen molar-refractivity contribution in [3.05, 3.63) is 28.2 Å². The van der Waals surface area contributed by atoms with Crippen molar-refractivity contribution in [2.75, 3.05) is 6.61 Å². The molecule has 9 heteroatoms. The Labute approximate surface area is 160 Å². The second-order valence-electron chi connectivity index (χ2n) is 6.71. The molecule has 0 aromatic heterocycles. The fraction of sp³-hybridized carbons (Fsp3) is 0.471. The molecule has 1 aliphatic heterocycles. The van der Waals surface area contributed by atoms with Crippen LogP contribution in [0.3, 0.4) is 0 Å². The molecule has 1 aliphatic carbocycles. The van der Waals surface area contributed by atoms with Crippen LogP contribution in [-0.4, -0.2) is 35.0 Å². The first-order chi connectivity index (χ1) is 12.3. The molecule has 2 N–H and O–H groups in total. The summed E-state index contributed by atoms with van der Waals surface area (Å²) in [7, 11) is 0. The smallest absolute Gasteiger partial charge is 0.344 e. The fourth-order valence-electron chi connectivity index (χ4n) is 3.23. The molecular formula is C17H19Cl2N3O4. The van der Waals surface area contributed by atoms with E-state index in [0.717, 1.165) is 17.9 Å². The Morgan fingerprint density at radius 3 is 2.54 bits per heavy atom. The van der Waals surface area contributed by atoms with Crippen LogP contribution >= 0.6 is 23.2 Å². The summed E-state index contributed by atoms with van der Waals surface area (Å²) in [6.45, 7) is 1.68. The van der Waals surface area contributed by atoms with Gasteiger partial charge in [0.15, 0.2) is 12.4 Å². The lowest BCUT2D eigenvalue weighted by atomic mass is 9.77. The van der Waals surface area contributed by atoms with Gasteiger partial charge in [0.05, 0.1) is 10.0 Å². The van der Waals surface area contributed by atoms with Crippen molar-refractivity contribution in [2.24, 2.45) is 5.92 Å². The second kappa shape index (κ2) is 7.32. The fourth-order valence-corrected chi connectivity index (χ4v) is 3.74. The molecule has 140 valence electrons. The summed E-state index contributed by atoms with van der Waals surface area (Å²) in [5.41, 5.74) is 1.38. The zero-order valence-corrected chi connectivity index (χ0v) is 15.7. The monoisotopic (exact) mass is 399 g/mol. The van der Waals surface area contributed by atoms with E-state index < -0.39 is 30.0 Å². The maximum atomic E-state index is 12.7. The summed E-state index contributed by atoms with van der Waals surface area (Å²) in [4.78, 5) is 36.9. The van der Waals surface area contributed by atoms with E-state index in [1.165, 1.54) is 0 Å². The number of nitrogens with one attached hydrogen (secondary N) is 2. The molecule has 2 fully saturated rings. The van der Waals surface area contributed by atoms with E-state index in [-0.39, 0.29) is 15.8 Å². The lowest BCUT2D eigenvalue weighted by molar-refractivity contribution is -0.140. The summed E-state index contributed by atoms with van der Waals surface area (Å²) in [6, 6.07) is 4.17. The van der Waals surface area contributed by atoms with Crippen LogP contribution in [0.2, 0.25) is 10.0 Å². The van der Waals surface area contributed by atoms with E-state index in [1.54, 1.807) is 18.2 Å². The summed E-state index contributed by atoms with van der Waals surface area (Å²) in [5, 5.41) is 3.98. The molecule has 2 aliphatic rings. The average Bonchev–Trinajstić information content (AvgIpc) is 2.82. The van der Waals surface area contributed by atoms with E-state index >= 15 is 0 Å². The molecule has 1 heterocycles. The molecular weight excluding hydrogens is 381 g/mol. The zero-order valence-electron chi connectivity index (χ0n) is 14.2. The van der Waals surface area contributed by atoms with Gasteiger partial charge in [-0.3, -0.25) is 15.0 Å². The van der Waals surface area contributed by atoms with Gasteiger partial charge in [0.2, 0.25) is 0 Å². The van der Waals surface area contributed by atoms with Crippen LogP contribution in [0.4, 0.5) is 4.79 Å². The number of para-hydroxylation sites is 1. The number of benzene rings is 1. The molecule has 1 saturated carbocycles. The molecule has 1 aromatic carbocycles. The predicted octanol–water partition coefficient (Wildman–Crippen LogP) is 2.90. The maximum absolute atomic E-state index is 12.7. The lowest BCUT2D eigenvalue weighted by Gasteiger charge is -2.33. The highest BCUT2D eigenvalue weighted by atomic mass is 35.5. The molecule has 4 amide bonds. The van der Waals surface area contributed by atoms with Crippen molar-refractivity contribution < 1.29 is 19.1 Å². The summed E-state index contributed by atoms with van der Waals surface area (Å²) >= 11 is 11.9. The number of hydrogen-bond donors (Lipinski definition) is 2. The third-order valence-corrected chi connectivity index (χ3v) is 5.39. The first-order valence-corrected chi connectivity index (χ1v) is 9.11. The number of carbonyl (C=O) groups excluding carboxylic acids is 3. The molecule has 1 saturated heterocycles. The van der Waals surface area contributed by atoms with Crippen LogP contribution in [-0.2, 0) is 9.59 Å². The SMILES string of the molecule is CC1CCC2(CC1)NC(=O)N(NC(=O)COc1c(Cl)cccc1Cl)C2=O. The quantitative estimate of drug-likeness (QED) is 0.761. The van der Waals surface area contributed by atoms with Gasteiger partial charge < -0.3 is 10.1 Å². The number of carbonyl (C=O) groups is 3.